The predicted molar refractivity (Wildman–Crippen MR) is 118 cm³/mol. The van der Waals surface area contributed by atoms with Gasteiger partial charge in [0.15, 0.2) is 0 Å². The average Bonchev–Trinajstić information content (AvgIpc) is 3.66. The van der Waals surface area contributed by atoms with Gasteiger partial charge in [0.1, 0.15) is 5.75 Å². The van der Waals surface area contributed by atoms with Gasteiger partial charge in [0.2, 0.25) is 0 Å². The normalized spacial score (nSPS) is 34.2. The van der Waals surface area contributed by atoms with Crippen molar-refractivity contribution in [3.8, 4) is 5.75 Å². The fraction of sp³-hybridized carbons (Fsp3) is 0.654. The smallest absolute Gasteiger partial charge is 0.115 e. The van der Waals surface area contributed by atoms with E-state index in [9.17, 15) is 10.2 Å². The molecule has 7 rings (SSSR count). The van der Waals surface area contributed by atoms with Gasteiger partial charge in [-0.15, -0.1) is 0 Å². The van der Waals surface area contributed by atoms with Crippen LogP contribution in [0.3, 0.4) is 0 Å². The predicted octanol–water partition coefficient (Wildman–Crippen LogP) is 3.12. The van der Waals surface area contributed by atoms with Gasteiger partial charge in [-0.3, -0.25) is 9.58 Å². The second kappa shape index (κ2) is 6.14. The van der Waals surface area contributed by atoms with Gasteiger partial charge in [0.25, 0.3) is 0 Å². The van der Waals surface area contributed by atoms with Crippen LogP contribution in [0.5, 0.6) is 5.75 Å². The minimum Gasteiger partial charge on any atom is -0.508 e. The summed E-state index contributed by atoms with van der Waals surface area (Å²) in [7, 11) is 0. The molecular weight excluding hydrogens is 386 g/mol. The first kappa shape index (κ1) is 18.7. The molecule has 2 bridgehead atoms. The number of phenols is 1. The zero-order valence-electron chi connectivity index (χ0n) is 18.5. The van der Waals surface area contributed by atoms with Crippen LogP contribution in [0.2, 0.25) is 0 Å². The van der Waals surface area contributed by atoms with Gasteiger partial charge in [0.05, 0.1) is 11.3 Å². The van der Waals surface area contributed by atoms with Gasteiger partial charge in [-0.05, 0) is 92.7 Å². The average molecular weight is 420 g/mol. The Kier molecular flexibility index (Phi) is 3.70. The van der Waals surface area contributed by atoms with E-state index in [1.807, 2.05) is 12.1 Å². The maximum atomic E-state index is 12.6. The molecule has 0 amide bonds. The van der Waals surface area contributed by atoms with E-state index in [0.29, 0.717) is 12.2 Å². The Bertz CT molecular complexity index is 1070. The van der Waals surface area contributed by atoms with Crippen LogP contribution in [0.25, 0.3) is 0 Å². The number of nitrogens with zero attached hydrogens (tertiary/aromatic N) is 3. The van der Waals surface area contributed by atoms with Crippen LogP contribution in [-0.2, 0) is 31.2 Å². The highest BCUT2D eigenvalue weighted by molar-refractivity contribution is 5.52. The molecule has 2 saturated carbocycles. The SMILES string of the molecule is Cc1c2c(nn1CC1CC1)C[C@@]13CCN(CC4CC4)C(Cc4ccc(O)cc41)[C@@]3(O)C2. The number of aromatic hydroxyl groups is 1. The first-order chi connectivity index (χ1) is 15.0. The Balaban J connectivity index is 1.38. The van der Waals surface area contributed by atoms with Crippen LogP contribution in [0.4, 0.5) is 0 Å². The molecule has 31 heavy (non-hydrogen) atoms. The molecular formula is C26H33N3O2. The summed E-state index contributed by atoms with van der Waals surface area (Å²) < 4.78 is 2.23. The molecule has 5 nitrogen and oxygen atoms in total. The number of aromatic nitrogens is 2. The summed E-state index contributed by atoms with van der Waals surface area (Å²) >= 11 is 0. The molecule has 1 saturated heterocycles. The first-order valence-corrected chi connectivity index (χ1v) is 12.3. The van der Waals surface area contributed by atoms with E-state index >= 15 is 0 Å². The van der Waals surface area contributed by atoms with E-state index in [1.165, 1.54) is 53.8 Å². The second-order valence-electron chi connectivity index (χ2n) is 11.2. The lowest BCUT2D eigenvalue weighted by Gasteiger charge is -2.63. The molecule has 164 valence electrons. The fourth-order valence-electron chi connectivity index (χ4n) is 7.16. The molecule has 5 heteroatoms. The minimum atomic E-state index is -0.799. The number of likely N-dealkylation sites (tertiary alicyclic amines) is 1. The van der Waals surface area contributed by atoms with Crippen molar-refractivity contribution in [1.29, 1.82) is 0 Å². The van der Waals surface area contributed by atoms with Gasteiger partial charge < -0.3 is 10.2 Å². The molecule has 1 aromatic heterocycles. The van der Waals surface area contributed by atoms with E-state index < -0.39 is 5.60 Å². The number of rotatable bonds is 4. The highest BCUT2D eigenvalue weighted by Gasteiger charge is 2.65. The zero-order chi connectivity index (χ0) is 21.0. The van der Waals surface area contributed by atoms with Crippen molar-refractivity contribution in [3.63, 3.8) is 0 Å². The summed E-state index contributed by atoms with van der Waals surface area (Å²) in [4.78, 5) is 2.61. The van der Waals surface area contributed by atoms with Crippen LogP contribution >= 0.6 is 0 Å². The maximum Gasteiger partial charge on any atom is 0.115 e. The minimum absolute atomic E-state index is 0.151. The van der Waals surface area contributed by atoms with Crippen LogP contribution in [-0.4, -0.2) is 49.6 Å². The van der Waals surface area contributed by atoms with E-state index in [0.717, 1.165) is 50.7 Å². The largest absolute Gasteiger partial charge is 0.508 e. The van der Waals surface area contributed by atoms with Crippen LogP contribution in [0, 0.1) is 18.8 Å². The molecule has 0 spiro atoms. The van der Waals surface area contributed by atoms with Gasteiger partial charge in [-0.1, -0.05) is 6.07 Å². The van der Waals surface area contributed by atoms with Gasteiger partial charge >= 0.3 is 0 Å². The quantitative estimate of drug-likeness (QED) is 0.799. The second-order valence-corrected chi connectivity index (χ2v) is 11.2. The highest BCUT2D eigenvalue weighted by atomic mass is 16.3. The molecule has 5 aliphatic rings. The molecule has 4 aliphatic carbocycles. The van der Waals surface area contributed by atoms with Crippen LogP contribution < -0.4 is 0 Å². The van der Waals surface area contributed by atoms with E-state index in [1.54, 1.807) is 0 Å². The van der Waals surface area contributed by atoms with Gasteiger partial charge in [-0.25, -0.2) is 0 Å². The third kappa shape index (κ3) is 2.59. The summed E-state index contributed by atoms with van der Waals surface area (Å²) in [5, 5.41) is 28.1. The summed E-state index contributed by atoms with van der Waals surface area (Å²) in [5.74, 6) is 1.92. The fourth-order valence-corrected chi connectivity index (χ4v) is 7.16. The summed E-state index contributed by atoms with van der Waals surface area (Å²) in [6.45, 7) is 5.40. The molecule has 1 aliphatic heterocycles. The number of phenolic OH excluding ortho intramolecular Hbond substituents is 1. The molecule has 2 aromatic rings. The van der Waals surface area contributed by atoms with Crippen molar-refractivity contribution in [2.45, 2.75) is 81.9 Å². The number of aliphatic hydroxyl groups is 1. The standard InChI is InChI=1S/C26H33N3O2/c1-16-21-12-26(31)24-10-19-6-7-20(30)11-22(19)25(26,8-9-28(24)14-17-2-3-17)13-23(21)27-29(16)15-18-4-5-18/h6-7,11,17-18,24,30-31H,2-5,8-10,12-15H2,1H3/t24?,25-,26-/m0/s1. The number of fused-ring (bicyclic) bond motifs is 2. The van der Waals surface area contributed by atoms with Gasteiger partial charge in [0, 0.05) is 43.1 Å². The molecule has 3 fully saturated rings. The van der Waals surface area contributed by atoms with Crippen molar-refractivity contribution < 1.29 is 10.2 Å². The Labute approximate surface area is 184 Å². The van der Waals surface area contributed by atoms with E-state index in [-0.39, 0.29) is 11.5 Å². The number of benzene rings is 1. The Morgan fingerprint density at radius 3 is 2.65 bits per heavy atom. The van der Waals surface area contributed by atoms with Crippen molar-refractivity contribution >= 4 is 0 Å². The molecule has 2 heterocycles. The van der Waals surface area contributed by atoms with E-state index in [2.05, 4.69) is 22.6 Å². The highest BCUT2D eigenvalue weighted by Crippen LogP contribution is 2.58. The molecule has 1 aromatic carbocycles. The number of hydrogen-bond donors (Lipinski definition) is 2. The zero-order valence-corrected chi connectivity index (χ0v) is 18.5. The lowest BCUT2D eigenvalue weighted by Crippen LogP contribution is -2.74. The Morgan fingerprint density at radius 2 is 1.87 bits per heavy atom. The van der Waals surface area contributed by atoms with Crippen LogP contribution in [0.1, 0.15) is 60.2 Å². The number of piperidine rings is 1. The summed E-state index contributed by atoms with van der Waals surface area (Å²) in [5.41, 5.74) is 5.09. The van der Waals surface area contributed by atoms with Crippen molar-refractivity contribution in [2.24, 2.45) is 11.8 Å². The maximum absolute atomic E-state index is 12.6. The lowest BCUT2D eigenvalue weighted by molar-refractivity contribution is -0.152. The summed E-state index contributed by atoms with van der Waals surface area (Å²) in [6, 6.07) is 6.03. The molecule has 1 unspecified atom stereocenters. The molecule has 2 N–H and O–H groups in total. The van der Waals surface area contributed by atoms with Gasteiger partial charge in [-0.2, -0.15) is 5.10 Å². The Morgan fingerprint density at radius 1 is 1.10 bits per heavy atom. The lowest BCUT2D eigenvalue weighted by atomic mass is 9.49. The first-order valence-electron chi connectivity index (χ1n) is 12.3. The van der Waals surface area contributed by atoms with Crippen LogP contribution in [0.15, 0.2) is 18.2 Å². The Hall–Kier alpha value is -1.85. The monoisotopic (exact) mass is 419 g/mol. The van der Waals surface area contributed by atoms with Crippen molar-refractivity contribution in [2.75, 3.05) is 13.1 Å². The molecule has 3 atom stereocenters. The molecule has 0 radical (unpaired) electrons. The van der Waals surface area contributed by atoms with E-state index in [4.69, 9.17) is 5.10 Å². The summed E-state index contributed by atoms with van der Waals surface area (Å²) in [6.07, 6.45) is 8.64. The third-order valence-electron chi connectivity index (χ3n) is 9.32. The van der Waals surface area contributed by atoms with Crippen molar-refractivity contribution in [3.05, 3.63) is 46.3 Å². The third-order valence-corrected chi connectivity index (χ3v) is 9.32. The van der Waals surface area contributed by atoms with Crippen molar-refractivity contribution in [1.82, 2.24) is 14.7 Å². The number of hydrogen-bond acceptors (Lipinski definition) is 4. The topological polar surface area (TPSA) is 61.5 Å².